The van der Waals surface area contributed by atoms with Crippen LogP contribution in [0.15, 0.2) is 15.8 Å². The van der Waals surface area contributed by atoms with Crippen LogP contribution < -0.4 is 11.2 Å². The van der Waals surface area contributed by atoms with Crippen LogP contribution >= 0.6 is 0 Å². The van der Waals surface area contributed by atoms with Crippen molar-refractivity contribution in [2.75, 3.05) is 6.61 Å². The van der Waals surface area contributed by atoms with Gasteiger partial charge in [0.05, 0.1) is 0 Å². The van der Waals surface area contributed by atoms with Gasteiger partial charge in [0.15, 0.2) is 0 Å². The molecule has 5 nitrogen and oxygen atoms in total. The van der Waals surface area contributed by atoms with Gasteiger partial charge in [0, 0.05) is 31.3 Å². The Morgan fingerprint density at radius 2 is 2.23 bits per heavy atom. The fourth-order valence-electron chi connectivity index (χ4n) is 1.14. The Hall–Kier alpha value is -1.36. The average molecular weight is 184 g/mol. The van der Waals surface area contributed by atoms with Crippen LogP contribution in [0.25, 0.3) is 0 Å². The van der Waals surface area contributed by atoms with E-state index in [0.717, 1.165) is 4.57 Å². The first-order chi connectivity index (χ1) is 6.20. The third-order valence-electron chi connectivity index (χ3n) is 1.83. The molecule has 0 fully saturated rings. The fraction of sp³-hybridized carbons (Fsp3) is 0.500. The van der Waals surface area contributed by atoms with Crippen molar-refractivity contribution in [2.24, 2.45) is 0 Å². The van der Waals surface area contributed by atoms with Crippen LogP contribution in [-0.2, 0) is 13.0 Å². The summed E-state index contributed by atoms with van der Waals surface area (Å²) in [6.45, 7) is 1.97. The predicted octanol–water partition coefficient (Wildman–Crippen LogP) is -0.909. The monoisotopic (exact) mass is 184 g/mol. The summed E-state index contributed by atoms with van der Waals surface area (Å²) in [5.74, 6) is 0. The summed E-state index contributed by atoms with van der Waals surface area (Å²) in [4.78, 5) is 25.0. The molecule has 5 heteroatoms. The second-order valence-corrected chi connectivity index (χ2v) is 2.64. The highest BCUT2D eigenvalue weighted by molar-refractivity contribution is 5.04. The number of nitrogens with one attached hydrogen (secondary N) is 1. The van der Waals surface area contributed by atoms with Gasteiger partial charge in [0.1, 0.15) is 0 Å². The Bertz CT molecular complexity index is 391. The summed E-state index contributed by atoms with van der Waals surface area (Å²) in [5.41, 5.74) is -0.293. The van der Waals surface area contributed by atoms with Crippen molar-refractivity contribution in [2.45, 2.75) is 19.9 Å². The van der Waals surface area contributed by atoms with E-state index in [1.165, 1.54) is 6.20 Å². The molecule has 0 amide bonds. The van der Waals surface area contributed by atoms with Crippen LogP contribution in [-0.4, -0.2) is 21.3 Å². The maximum Gasteiger partial charge on any atom is 0.328 e. The Morgan fingerprint density at radius 1 is 1.54 bits per heavy atom. The number of aliphatic hydroxyl groups excluding tert-OH is 1. The molecule has 1 rings (SSSR count). The summed E-state index contributed by atoms with van der Waals surface area (Å²) in [6.07, 6.45) is 1.63. The number of rotatable bonds is 3. The molecular weight excluding hydrogens is 172 g/mol. The lowest BCUT2D eigenvalue weighted by Gasteiger charge is -2.02. The maximum absolute atomic E-state index is 11.4. The summed E-state index contributed by atoms with van der Waals surface area (Å²) in [6, 6.07) is 0. The lowest BCUT2D eigenvalue weighted by molar-refractivity contribution is 0.298. The molecule has 0 saturated heterocycles. The molecule has 0 saturated carbocycles. The first-order valence-electron chi connectivity index (χ1n) is 4.13. The van der Waals surface area contributed by atoms with Crippen LogP contribution in [0.4, 0.5) is 0 Å². The number of nitrogens with zero attached hydrogens (tertiary/aromatic N) is 1. The van der Waals surface area contributed by atoms with Crippen molar-refractivity contribution in [3.63, 3.8) is 0 Å². The number of aromatic nitrogens is 2. The number of hydrogen-bond acceptors (Lipinski definition) is 3. The van der Waals surface area contributed by atoms with Gasteiger partial charge in [-0.3, -0.25) is 9.36 Å². The van der Waals surface area contributed by atoms with E-state index in [1.54, 1.807) is 6.92 Å². The van der Waals surface area contributed by atoms with E-state index in [1.807, 2.05) is 0 Å². The SMILES string of the molecule is CCn1c(=O)[nH]cc(CCO)c1=O. The van der Waals surface area contributed by atoms with Crippen molar-refractivity contribution >= 4 is 0 Å². The lowest BCUT2D eigenvalue weighted by Crippen LogP contribution is -2.36. The molecule has 13 heavy (non-hydrogen) atoms. The summed E-state index contributed by atoms with van der Waals surface area (Å²) in [7, 11) is 0. The molecule has 0 bridgehead atoms. The van der Waals surface area contributed by atoms with E-state index in [0.29, 0.717) is 12.1 Å². The van der Waals surface area contributed by atoms with Crippen LogP contribution in [0, 0.1) is 0 Å². The third-order valence-corrected chi connectivity index (χ3v) is 1.83. The van der Waals surface area contributed by atoms with E-state index >= 15 is 0 Å². The molecule has 0 aromatic carbocycles. The zero-order chi connectivity index (χ0) is 9.84. The minimum atomic E-state index is -0.408. The second-order valence-electron chi connectivity index (χ2n) is 2.64. The number of aliphatic hydroxyl groups is 1. The molecule has 1 aromatic heterocycles. The lowest BCUT2D eigenvalue weighted by atomic mass is 10.2. The van der Waals surface area contributed by atoms with Gasteiger partial charge in [-0.2, -0.15) is 0 Å². The van der Waals surface area contributed by atoms with Crippen molar-refractivity contribution < 1.29 is 5.11 Å². The van der Waals surface area contributed by atoms with Crippen molar-refractivity contribution in [3.8, 4) is 0 Å². The second kappa shape index (κ2) is 4.04. The normalized spacial score (nSPS) is 10.3. The largest absolute Gasteiger partial charge is 0.396 e. The Labute approximate surface area is 74.7 Å². The highest BCUT2D eigenvalue weighted by atomic mass is 16.3. The van der Waals surface area contributed by atoms with Crippen LogP contribution in [0.1, 0.15) is 12.5 Å². The molecule has 0 unspecified atom stereocenters. The highest BCUT2D eigenvalue weighted by Crippen LogP contribution is 1.86. The minimum absolute atomic E-state index is 0.0923. The standard InChI is InChI=1S/C8H12N2O3/c1-2-10-7(12)6(3-4-11)5-9-8(10)13/h5,11H,2-4H2,1H3,(H,9,13). The van der Waals surface area contributed by atoms with Gasteiger partial charge in [0.25, 0.3) is 5.56 Å². The van der Waals surface area contributed by atoms with Gasteiger partial charge >= 0.3 is 5.69 Å². The van der Waals surface area contributed by atoms with E-state index in [9.17, 15) is 9.59 Å². The third kappa shape index (κ3) is 1.86. The van der Waals surface area contributed by atoms with Gasteiger partial charge in [-0.05, 0) is 6.92 Å². The molecule has 2 N–H and O–H groups in total. The molecule has 1 aromatic rings. The number of aromatic amines is 1. The summed E-state index contributed by atoms with van der Waals surface area (Å²) >= 11 is 0. The Morgan fingerprint density at radius 3 is 2.77 bits per heavy atom. The van der Waals surface area contributed by atoms with Gasteiger partial charge in [-0.1, -0.05) is 0 Å². The summed E-state index contributed by atoms with van der Waals surface area (Å²) < 4.78 is 1.10. The topological polar surface area (TPSA) is 75.1 Å². The molecule has 0 spiro atoms. The molecule has 0 atom stereocenters. The fourth-order valence-corrected chi connectivity index (χ4v) is 1.14. The molecular formula is C8H12N2O3. The zero-order valence-corrected chi connectivity index (χ0v) is 7.41. The van der Waals surface area contributed by atoms with Crippen LogP contribution in [0.2, 0.25) is 0 Å². The van der Waals surface area contributed by atoms with Crippen molar-refractivity contribution in [1.29, 1.82) is 0 Å². The van der Waals surface area contributed by atoms with E-state index < -0.39 is 5.69 Å². The molecule has 72 valence electrons. The Kier molecular flexibility index (Phi) is 3.02. The maximum atomic E-state index is 11.4. The number of H-pyrrole nitrogens is 1. The van der Waals surface area contributed by atoms with Gasteiger partial charge < -0.3 is 10.1 Å². The van der Waals surface area contributed by atoms with Crippen LogP contribution in [0.3, 0.4) is 0 Å². The predicted molar refractivity (Wildman–Crippen MR) is 47.8 cm³/mol. The first kappa shape index (κ1) is 9.73. The molecule has 0 radical (unpaired) electrons. The summed E-state index contributed by atoms with van der Waals surface area (Å²) in [5, 5.41) is 8.64. The molecule has 0 aliphatic carbocycles. The van der Waals surface area contributed by atoms with E-state index in [2.05, 4.69) is 4.98 Å². The quantitative estimate of drug-likeness (QED) is 0.638. The highest BCUT2D eigenvalue weighted by Gasteiger charge is 2.04. The first-order valence-corrected chi connectivity index (χ1v) is 4.13. The number of hydrogen-bond donors (Lipinski definition) is 2. The van der Waals surface area contributed by atoms with Gasteiger partial charge in [0.2, 0.25) is 0 Å². The van der Waals surface area contributed by atoms with Crippen LogP contribution in [0.5, 0.6) is 0 Å². The average Bonchev–Trinajstić information content (AvgIpc) is 2.11. The van der Waals surface area contributed by atoms with Gasteiger partial charge in [-0.15, -0.1) is 0 Å². The van der Waals surface area contributed by atoms with Crippen molar-refractivity contribution in [3.05, 3.63) is 32.6 Å². The van der Waals surface area contributed by atoms with E-state index in [-0.39, 0.29) is 18.6 Å². The molecule has 0 aliphatic rings. The zero-order valence-electron chi connectivity index (χ0n) is 7.41. The minimum Gasteiger partial charge on any atom is -0.396 e. The van der Waals surface area contributed by atoms with Gasteiger partial charge in [-0.25, -0.2) is 4.79 Å². The van der Waals surface area contributed by atoms with E-state index in [4.69, 9.17) is 5.11 Å². The Balaban J connectivity index is 3.28. The molecule has 0 aliphatic heterocycles. The molecule has 1 heterocycles. The smallest absolute Gasteiger partial charge is 0.328 e. The van der Waals surface area contributed by atoms with Crippen molar-refractivity contribution in [1.82, 2.24) is 9.55 Å².